The minimum absolute atomic E-state index is 0.0927. The number of esters is 2. The summed E-state index contributed by atoms with van der Waals surface area (Å²) in [6.07, 6.45) is 38.2. The molecule has 0 aromatic heterocycles. The Morgan fingerprint density at radius 1 is 0.621 bits per heavy atom. The zero-order valence-electron chi connectivity index (χ0n) is 36.7. The summed E-state index contributed by atoms with van der Waals surface area (Å²) in [6.45, 7) is 3.76. The van der Waals surface area contributed by atoms with Gasteiger partial charge in [-0.2, -0.15) is 0 Å². The van der Waals surface area contributed by atoms with Crippen molar-refractivity contribution in [3.05, 3.63) is 72.9 Å². The molecular weight excluding hydrogens is 757 g/mol. The van der Waals surface area contributed by atoms with E-state index in [2.05, 4.69) is 74.6 Å². The molecule has 0 rings (SSSR count). The molecule has 0 aliphatic carbocycles. The van der Waals surface area contributed by atoms with Crippen LogP contribution in [0.2, 0.25) is 0 Å². The van der Waals surface area contributed by atoms with Crippen molar-refractivity contribution < 1.29 is 52.3 Å². The highest BCUT2D eigenvalue weighted by Gasteiger charge is 2.22. The van der Waals surface area contributed by atoms with Crippen LogP contribution in [0.4, 0.5) is 0 Å². The summed E-state index contributed by atoms with van der Waals surface area (Å²) in [5.41, 5.74) is 0. The van der Waals surface area contributed by atoms with Gasteiger partial charge in [0.1, 0.15) is 19.8 Å². The second-order valence-corrected chi connectivity index (χ2v) is 17.1. The second kappa shape index (κ2) is 37.4. The van der Waals surface area contributed by atoms with E-state index < -0.39 is 44.7 Å². The standard InChI is InChI=1S/C46H80NO10P/c1-6-8-10-12-14-16-18-20-21-22-24-26-28-30-32-36-45(50)54-40-42(41-56-58(52,53)55-39-38-47(3,4)5)57-46(51)37-33-35-44(49)43(48)34-31-29-27-25-23-19-17-15-13-11-9-7-2/h14-17,20-21,23-26,29,31,42-44,48-49H,6-13,18-19,22,27-28,30,32-41H2,1-5H3/b16-14-,17-15-,21-20-,25-23-,26-24-,31-29-/t42-,43?,44?/m1/s1. The first-order valence-corrected chi connectivity index (χ1v) is 23.3. The van der Waals surface area contributed by atoms with Crippen molar-refractivity contribution in [1.29, 1.82) is 0 Å². The van der Waals surface area contributed by atoms with Crippen LogP contribution in [0.3, 0.4) is 0 Å². The summed E-state index contributed by atoms with van der Waals surface area (Å²) in [4.78, 5) is 37.6. The first-order valence-electron chi connectivity index (χ1n) is 21.8. The number of rotatable bonds is 38. The van der Waals surface area contributed by atoms with Gasteiger partial charge in [0.05, 0.1) is 40.0 Å². The number of aliphatic hydroxyl groups excluding tert-OH is 2. The molecule has 0 aromatic carbocycles. The maximum Gasteiger partial charge on any atom is 0.306 e. The van der Waals surface area contributed by atoms with Crippen LogP contribution in [0.5, 0.6) is 0 Å². The molecular formula is C46H80NO10P. The molecule has 4 atom stereocenters. The van der Waals surface area contributed by atoms with Gasteiger partial charge in [-0.05, 0) is 89.9 Å². The fourth-order valence-electron chi connectivity index (χ4n) is 5.29. The molecule has 58 heavy (non-hydrogen) atoms. The van der Waals surface area contributed by atoms with Crippen LogP contribution in [0.15, 0.2) is 72.9 Å². The predicted molar refractivity (Wildman–Crippen MR) is 234 cm³/mol. The van der Waals surface area contributed by atoms with Crippen molar-refractivity contribution in [2.24, 2.45) is 0 Å². The third kappa shape index (κ3) is 38.9. The molecule has 3 unspecified atom stereocenters. The van der Waals surface area contributed by atoms with Gasteiger partial charge in [0.15, 0.2) is 6.10 Å². The number of hydrogen-bond acceptors (Lipinski definition) is 10. The summed E-state index contributed by atoms with van der Waals surface area (Å²) < 4.78 is 33.6. The van der Waals surface area contributed by atoms with Crippen LogP contribution in [0.25, 0.3) is 0 Å². The normalized spacial score (nSPS) is 15.4. The summed E-state index contributed by atoms with van der Waals surface area (Å²) in [7, 11) is 0.955. The van der Waals surface area contributed by atoms with Gasteiger partial charge in [0.2, 0.25) is 0 Å². The van der Waals surface area contributed by atoms with Crippen LogP contribution < -0.4 is 4.89 Å². The quantitative estimate of drug-likeness (QED) is 0.0202. The van der Waals surface area contributed by atoms with Crippen LogP contribution in [-0.2, 0) is 32.7 Å². The zero-order chi connectivity index (χ0) is 43.2. The van der Waals surface area contributed by atoms with E-state index in [1.807, 2.05) is 33.3 Å². The average molecular weight is 838 g/mol. The molecule has 12 heteroatoms. The Morgan fingerprint density at radius 2 is 1.10 bits per heavy atom. The Hall–Kier alpha value is -2.63. The molecule has 0 aliphatic heterocycles. The number of carbonyl (C=O) groups excluding carboxylic acids is 2. The minimum atomic E-state index is -4.72. The van der Waals surface area contributed by atoms with Gasteiger partial charge in [0.25, 0.3) is 7.82 Å². The highest BCUT2D eigenvalue weighted by molar-refractivity contribution is 7.45. The number of aliphatic hydroxyl groups is 2. The Kier molecular flexibility index (Phi) is 35.7. The van der Waals surface area contributed by atoms with E-state index in [0.717, 1.165) is 51.4 Å². The number of carbonyl (C=O) groups is 2. The van der Waals surface area contributed by atoms with Gasteiger partial charge < -0.3 is 38.1 Å². The smallest absolute Gasteiger partial charge is 0.306 e. The van der Waals surface area contributed by atoms with Crippen molar-refractivity contribution >= 4 is 19.8 Å². The maximum absolute atomic E-state index is 12.7. The summed E-state index contributed by atoms with van der Waals surface area (Å²) >= 11 is 0. The van der Waals surface area contributed by atoms with Crippen molar-refractivity contribution in [3.8, 4) is 0 Å². The van der Waals surface area contributed by atoms with Crippen LogP contribution in [0, 0.1) is 0 Å². The predicted octanol–water partition coefficient (Wildman–Crippen LogP) is 9.55. The Labute approximate surface area is 352 Å². The van der Waals surface area contributed by atoms with Crippen molar-refractivity contribution in [3.63, 3.8) is 0 Å². The average Bonchev–Trinajstić information content (AvgIpc) is 3.17. The third-order valence-corrected chi connectivity index (χ3v) is 9.86. The molecule has 0 aromatic rings. The van der Waals surface area contributed by atoms with Crippen LogP contribution in [-0.4, -0.2) is 92.5 Å². The summed E-state index contributed by atoms with van der Waals surface area (Å²) in [6, 6.07) is 0. The molecule has 0 amide bonds. The number of likely N-dealkylation sites (N-methyl/N-ethyl adjacent to an activating group) is 1. The van der Waals surface area contributed by atoms with E-state index >= 15 is 0 Å². The van der Waals surface area contributed by atoms with E-state index in [4.69, 9.17) is 18.5 Å². The number of phosphoric acid groups is 1. The van der Waals surface area contributed by atoms with Gasteiger partial charge in [-0.25, -0.2) is 0 Å². The molecule has 0 aliphatic rings. The lowest BCUT2D eigenvalue weighted by atomic mass is 10.0. The van der Waals surface area contributed by atoms with E-state index in [9.17, 15) is 29.3 Å². The van der Waals surface area contributed by atoms with E-state index in [1.54, 1.807) is 0 Å². The SMILES string of the molecule is CCCCC/C=C\C/C=C\C/C=C\CCCCC(=O)OC[C@H](COP(=O)([O-])OCC[N+](C)(C)C)OC(=O)CCCC(O)C(O)C/C=C\C/C=C\C/C=C\CCCCC. The number of phosphoric ester groups is 1. The Balaban J connectivity index is 4.70. The molecule has 334 valence electrons. The molecule has 0 fully saturated rings. The van der Waals surface area contributed by atoms with E-state index in [1.165, 1.54) is 38.5 Å². The van der Waals surface area contributed by atoms with Crippen LogP contribution >= 0.6 is 7.82 Å². The third-order valence-electron chi connectivity index (χ3n) is 8.90. The molecule has 0 radical (unpaired) electrons. The Morgan fingerprint density at radius 3 is 1.62 bits per heavy atom. The first-order chi connectivity index (χ1) is 27.8. The Bertz CT molecular complexity index is 1250. The van der Waals surface area contributed by atoms with Gasteiger partial charge in [-0.15, -0.1) is 0 Å². The van der Waals surface area contributed by atoms with Gasteiger partial charge in [-0.3, -0.25) is 14.2 Å². The summed E-state index contributed by atoms with van der Waals surface area (Å²) in [5.74, 6) is -1.17. The first kappa shape index (κ1) is 55.4. The number of hydrogen-bond donors (Lipinski definition) is 2. The molecule has 0 heterocycles. The highest BCUT2D eigenvalue weighted by Crippen LogP contribution is 2.38. The number of nitrogens with zero attached hydrogens (tertiary/aromatic N) is 1. The topological polar surface area (TPSA) is 152 Å². The zero-order valence-corrected chi connectivity index (χ0v) is 37.6. The van der Waals surface area contributed by atoms with Crippen molar-refractivity contribution in [1.82, 2.24) is 0 Å². The number of quaternary nitrogens is 1. The fourth-order valence-corrected chi connectivity index (χ4v) is 6.02. The summed E-state index contributed by atoms with van der Waals surface area (Å²) in [5, 5.41) is 20.8. The lowest BCUT2D eigenvalue weighted by molar-refractivity contribution is -0.870. The maximum atomic E-state index is 12.7. The molecule has 2 N–H and O–H groups in total. The van der Waals surface area contributed by atoms with Gasteiger partial charge in [0, 0.05) is 12.8 Å². The lowest BCUT2D eigenvalue weighted by Crippen LogP contribution is -2.37. The number of unbranched alkanes of at least 4 members (excludes halogenated alkanes) is 8. The largest absolute Gasteiger partial charge is 0.756 e. The van der Waals surface area contributed by atoms with E-state index in [0.29, 0.717) is 17.4 Å². The van der Waals surface area contributed by atoms with Gasteiger partial charge in [-0.1, -0.05) is 112 Å². The number of allylic oxidation sites excluding steroid dienone is 11. The monoisotopic (exact) mass is 838 g/mol. The minimum Gasteiger partial charge on any atom is -0.756 e. The van der Waals surface area contributed by atoms with Crippen LogP contribution in [0.1, 0.15) is 142 Å². The fraction of sp³-hybridized carbons (Fsp3) is 0.696. The molecule has 0 saturated carbocycles. The van der Waals surface area contributed by atoms with Gasteiger partial charge >= 0.3 is 11.9 Å². The van der Waals surface area contributed by atoms with Crippen molar-refractivity contribution in [2.75, 3.05) is 47.5 Å². The van der Waals surface area contributed by atoms with Crippen molar-refractivity contribution in [2.45, 2.75) is 161 Å². The lowest BCUT2D eigenvalue weighted by Gasteiger charge is -2.28. The second-order valence-electron chi connectivity index (χ2n) is 15.7. The molecule has 0 saturated heterocycles. The highest BCUT2D eigenvalue weighted by atomic mass is 31.2. The number of ether oxygens (including phenoxy) is 2. The molecule has 0 bridgehead atoms. The molecule has 0 spiro atoms. The molecule has 11 nitrogen and oxygen atoms in total. The van der Waals surface area contributed by atoms with E-state index in [-0.39, 0.29) is 45.3 Å².